The number of halogens is 1. The lowest BCUT2D eigenvalue weighted by Gasteiger charge is -2.41. The number of aromatic amines is 1. The molecule has 1 saturated carbocycles. The van der Waals surface area contributed by atoms with Gasteiger partial charge in [-0.3, -0.25) is 43.4 Å². The van der Waals surface area contributed by atoms with E-state index >= 15 is 4.39 Å². The van der Waals surface area contributed by atoms with Crippen molar-refractivity contribution in [3.05, 3.63) is 111 Å². The van der Waals surface area contributed by atoms with Gasteiger partial charge in [-0.1, -0.05) is 55.7 Å². The number of rotatable bonds is 16. The molecule has 5 saturated heterocycles. The molecular weight excluding hydrogens is 1020 g/mol. The Bertz CT molecular complexity index is 2930. The molecule has 10 rings (SSSR count). The Morgan fingerprint density at radius 2 is 1.41 bits per heavy atom. The topological polar surface area (TPSA) is 195 Å². The molecule has 18 nitrogen and oxygen atoms in total. The summed E-state index contributed by atoms with van der Waals surface area (Å²) in [5.41, 5.74) is 2.57. The number of piperidine rings is 3. The third-order valence-corrected chi connectivity index (χ3v) is 18.1. The van der Waals surface area contributed by atoms with E-state index in [4.69, 9.17) is 0 Å². The van der Waals surface area contributed by atoms with Gasteiger partial charge < -0.3 is 35.1 Å². The Kier molecular flexibility index (Phi) is 18.7. The highest BCUT2D eigenvalue weighted by atomic mass is 19.1. The summed E-state index contributed by atoms with van der Waals surface area (Å²) in [5, 5.41) is 14.6. The normalized spacial score (nSPS) is 21.7. The van der Waals surface area contributed by atoms with Crippen molar-refractivity contribution in [1.82, 2.24) is 55.1 Å². The largest absolute Gasteiger partial charge is 0.346 e. The Hall–Kier alpha value is -6.57. The second kappa shape index (κ2) is 26.3. The SMILES string of the molecule is CN1CCC(CNCC(=O)N2CCCC(c3cccc(C(=O)N[C@@H](C(=O)N4CCN(CC5CCN(CC(=O)N6CCN(C(=O)c7cc(Cc8n[nH]c(=O)c9ccccc89)ccc7F)CC6)CC5)CC4)C4CCCCC4)c3)C2)CC1=O. The molecular formula is C61H80FN11O7. The van der Waals surface area contributed by atoms with Crippen molar-refractivity contribution in [3.63, 3.8) is 0 Å². The van der Waals surface area contributed by atoms with Crippen LogP contribution in [0.25, 0.3) is 10.8 Å². The zero-order valence-electron chi connectivity index (χ0n) is 46.6. The van der Waals surface area contributed by atoms with Crippen LogP contribution in [0.15, 0.2) is 71.5 Å². The molecule has 428 valence electrons. The Morgan fingerprint density at radius 3 is 2.17 bits per heavy atom. The van der Waals surface area contributed by atoms with Crippen LogP contribution in [-0.4, -0.2) is 204 Å². The molecule has 4 aromatic rings. The summed E-state index contributed by atoms with van der Waals surface area (Å²) in [4.78, 5) is 107. The van der Waals surface area contributed by atoms with Gasteiger partial charge in [-0.05, 0) is 124 Å². The van der Waals surface area contributed by atoms with Crippen molar-refractivity contribution in [2.75, 3.05) is 118 Å². The first-order chi connectivity index (χ1) is 38.8. The molecule has 0 spiro atoms. The number of benzene rings is 3. The number of aromatic nitrogens is 2. The fourth-order valence-corrected chi connectivity index (χ4v) is 13.2. The summed E-state index contributed by atoms with van der Waals surface area (Å²) < 4.78 is 15.2. The second-order valence-electron chi connectivity index (χ2n) is 23.5. The first kappa shape index (κ1) is 56.7. The number of nitrogens with zero attached hydrogens (tertiary/aromatic N) is 8. The number of carbonyl (C=O) groups excluding carboxylic acids is 6. The minimum absolute atomic E-state index is 0.00999. The van der Waals surface area contributed by atoms with Crippen LogP contribution in [0.1, 0.15) is 114 Å². The molecule has 19 heteroatoms. The van der Waals surface area contributed by atoms with E-state index < -0.39 is 17.8 Å². The lowest BCUT2D eigenvalue weighted by atomic mass is 9.83. The van der Waals surface area contributed by atoms with Gasteiger partial charge in [-0.2, -0.15) is 5.10 Å². The van der Waals surface area contributed by atoms with E-state index in [0.717, 1.165) is 109 Å². The van der Waals surface area contributed by atoms with Crippen molar-refractivity contribution in [1.29, 1.82) is 0 Å². The van der Waals surface area contributed by atoms with Gasteiger partial charge >= 0.3 is 0 Å². The van der Waals surface area contributed by atoms with Crippen molar-refractivity contribution >= 4 is 46.2 Å². The van der Waals surface area contributed by atoms with Gasteiger partial charge in [0, 0.05) is 115 Å². The highest BCUT2D eigenvalue weighted by Gasteiger charge is 2.37. The molecule has 80 heavy (non-hydrogen) atoms. The van der Waals surface area contributed by atoms with Crippen molar-refractivity contribution < 1.29 is 33.2 Å². The van der Waals surface area contributed by atoms with Crippen LogP contribution >= 0.6 is 0 Å². The third kappa shape index (κ3) is 13.9. The molecule has 0 bridgehead atoms. The number of piperazine rings is 2. The zero-order valence-corrected chi connectivity index (χ0v) is 46.6. The molecule has 3 N–H and O–H groups in total. The third-order valence-electron chi connectivity index (χ3n) is 18.1. The first-order valence-electron chi connectivity index (χ1n) is 29.5. The molecule has 6 amide bonds. The molecule has 6 fully saturated rings. The number of hydrogen-bond acceptors (Lipinski definition) is 11. The van der Waals surface area contributed by atoms with Gasteiger partial charge in [-0.15, -0.1) is 0 Å². The fraction of sp³-hybridized carbons (Fsp3) is 0.574. The molecule has 3 atom stereocenters. The minimum atomic E-state index is -0.609. The zero-order chi connectivity index (χ0) is 55.7. The maximum Gasteiger partial charge on any atom is 0.272 e. The molecule has 2 unspecified atom stereocenters. The number of likely N-dealkylation sites (tertiary alicyclic amines) is 3. The number of amides is 6. The quantitative estimate of drug-likeness (QED) is 0.145. The van der Waals surface area contributed by atoms with Gasteiger partial charge in [0.1, 0.15) is 11.9 Å². The van der Waals surface area contributed by atoms with Crippen LogP contribution in [0.4, 0.5) is 4.39 Å². The average Bonchev–Trinajstić information content (AvgIpc) is 3.51. The maximum atomic E-state index is 15.2. The first-order valence-corrected chi connectivity index (χ1v) is 29.5. The smallest absolute Gasteiger partial charge is 0.272 e. The van der Waals surface area contributed by atoms with E-state index in [-0.39, 0.29) is 65.0 Å². The van der Waals surface area contributed by atoms with E-state index in [1.54, 1.807) is 39.0 Å². The lowest BCUT2D eigenvalue weighted by molar-refractivity contribution is -0.137. The number of nitrogens with one attached hydrogen (secondary N) is 3. The predicted octanol–water partition coefficient (Wildman–Crippen LogP) is 4.34. The number of fused-ring (bicyclic) bond motifs is 1. The van der Waals surface area contributed by atoms with E-state index in [1.807, 2.05) is 53.2 Å². The Balaban J connectivity index is 0.646. The Labute approximate surface area is 468 Å². The van der Waals surface area contributed by atoms with Crippen LogP contribution in [0.3, 0.4) is 0 Å². The van der Waals surface area contributed by atoms with Gasteiger partial charge in [0.2, 0.25) is 23.6 Å². The molecule has 3 aromatic carbocycles. The lowest BCUT2D eigenvalue weighted by Crippen LogP contribution is -2.57. The van der Waals surface area contributed by atoms with E-state index in [1.165, 1.54) is 6.07 Å². The minimum Gasteiger partial charge on any atom is -0.346 e. The second-order valence-corrected chi connectivity index (χ2v) is 23.5. The molecule has 1 aliphatic carbocycles. The summed E-state index contributed by atoms with van der Waals surface area (Å²) in [7, 11) is 1.84. The highest BCUT2D eigenvalue weighted by Crippen LogP contribution is 2.31. The van der Waals surface area contributed by atoms with Crippen molar-refractivity contribution in [3.8, 4) is 0 Å². The maximum absolute atomic E-state index is 15.2. The van der Waals surface area contributed by atoms with Gasteiger partial charge in [0.05, 0.1) is 29.7 Å². The van der Waals surface area contributed by atoms with Gasteiger partial charge in [0.25, 0.3) is 17.4 Å². The summed E-state index contributed by atoms with van der Waals surface area (Å²) in [6.45, 7) is 9.96. The van der Waals surface area contributed by atoms with Gasteiger partial charge in [0.15, 0.2) is 0 Å². The summed E-state index contributed by atoms with van der Waals surface area (Å²) in [6, 6.07) is 18.8. The number of carbonyl (C=O) groups is 6. The van der Waals surface area contributed by atoms with E-state index in [0.29, 0.717) is 112 Å². The monoisotopic (exact) mass is 1100 g/mol. The average molecular weight is 1100 g/mol. The van der Waals surface area contributed by atoms with Crippen LogP contribution < -0.4 is 16.2 Å². The molecule has 1 aromatic heterocycles. The van der Waals surface area contributed by atoms with E-state index in [9.17, 15) is 33.6 Å². The standard InChI is InChI=1S/C61H80FN11O7/c1-67-22-18-44(35-54(67)74)37-63-38-55(75)73-21-8-13-48(40-73)46-11-7-12-47(36-46)58(77)64-57(45-9-3-2-4-10-45)61(80)72-27-25-69(26-28-72)39-42-19-23-68(24-20-42)41-56(76)70-29-31-71(32-30-70)60(79)51-33-43(16-17-52(51)62)34-53-49-14-5-6-15-50(49)59(78)66-65-53/h5-7,11-12,14-17,33,36,42,44-45,48,57,63H,2-4,8-10,13,18-32,34-35,37-41H2,1H3,(H,64,77)(H,66,78)/t44?,48?,57-/m1/s1. The summed E-state index contributed by atoms with van der Waals surface area (Å²) >= 11 is 0. The van der Waals surface area contributed by atoms with Gasteiger partial charge in [-0.25, -0.2) is 9.49 Å². The summed E-state index contributed by atoms with van der Waals surface area (Å²) in [6.07, 6.45) is 10.6. The molecule has 5 aliphatic heterocycles. The van der Waals surface area contributed by atoms with Crippen molar-refractivity contribution in [2.24, 2.45) is 17.8 Å². The predicted molar refractivity (Wildman–Crippen MR) is 302 cm³/mol. The van der Waals surface area contributed by atoms with Crippen LogP contribution in [0, 0.1) is 23.6 Å². The number of H-pyrrole nitrogens is 1. The highest BCUT2D eigenvalue weighted by molar-refractivity contribution is 5.98. The Morgan fingerprint density at radius 1 is 0.688 bits per heavy atom. The van der Waals surface area contributed by atoms with Crippen molar-refractivity contribution in [2.45, 2.75) is 89.0 Å². The van der Waals surface area contributed by atoms with Crippen LogP contribution in [-0.2, 0) is 25.6 Å². The molecule has 6 aliphatic rings. The molecule has 6 heterocycles. The van der Waals surface area contributed by atoms with Crippen LogP contribution in [0.2, 0.25) is 0 Å². The fourth-order valence-electron chi connectivity index (χ4n) is 13.2. The molecule has 0 radical (unpaired) electrons. The number of hydrogen-bond donors (Lipinski definition) is 3. The van der Waals surface area contributed by atoms with Crippen LogP contribution in [0.5, 0.6) is 0 Å². The van der Waals surface area contributed by atoms with E-state index in [2.05, 4.69) is 30.6 Å². The summed E-state index contributed by atoms with van der Waals surface area (Å²) in [5.74, 6) is -0.0853.